The molecule has 0 aliphatic carbocycles. The standard InChI is InChI=1S/C46H31N3/c1-3-17-33(18-4-1)47-42-25-12-10-23-39(42)46-43(47)27-14-28-44(46)49(40-26-13-16-32-15-7-8-21-36(32)40)35-29-30-38-37-22-9-11-24-41(37)48(45(38)31-35)34-19-5-2-6-20-34/h1-31H. The van der Waals surface area contributed by atoms with E-state index in [0.717, 1.165) is 28.4 Å². The Kier molecular flexibility index (Phi) is 6.18. The first kappa shape index (κ1) is 27.5. The van der Waals surface area contributed by atoms with Crippen LogP contribution in [0.15, 0.2) is 188 Å². The predicted molar refractivity (Wildman–Crippen MR) is 207 cm³/mol. The van der Waals surface area contributed by atoms with Crippen molar-refractivity contribution >= 4 is 71.4 Å². The molecule has 230 valence electrons. The second-order valence-electron chi connectivity index (χ2n) is 12.6. The summed E-state index contributed by atoms with van der Waals surface area (Å²) in [6, 6.07) is 68.0. The van der Waals surface area contributed by atoms with E-state index in [1.807, 2.05) is 0 Å². The lowest BCUT2D eigenvalue weighted by atomic mass is 10.0. The molecule has 0 N–H and O–H groups in total. The molecule has 10 rings (SSSR count). The van der Waals surface area contributed by atoms with Gasteiger partial charge in [-0.05, 0) is 72.1 Å². The highest BCUT2D eigenvalue weighted by molar-refractivity contribution is 6.18. The SMILES string of the molecule is c1ccc(-n2c3ccccc3c3ccc(N(c4cccc5ccccc45)c4cccc5c4c4ccccc4n5-c4ccccc4)cc32)cc1. The van der Waals surface area contributed by atoms with E-state index in [1.54, 1.807) is 0 Å². The molecule has 8 aromatic carbocycles. The molecule has 2 aromatic heterocycles. The monoisotopic (exact) mass is 625 g/mol. The highest BCUT2D eigenvalue weighted by Gasteiger charge is 2.23. The average molecular weight is 626 g/mol. The van der Waals surface area contributed by atoms with Crippen LogP contribution in [0.3, 0.4) is 0 Å². The second kappa shape index (κ2) is 11.0. The zero-order valence-electron chi connectivity index (χ0n) is 26.7. The Morgan fingerprint density at radius 1 is 0.327 bits per heavy atom. The molecule has 0 atom stereocenters. The number of aromatic nitrogens is 2. The van der Waals surface area contributed by atoms with Gasteiger partial charge in [0.1, 0.15) is 0 Å². The van der Waals surface area contributed by atoms with Gasteiger partial charge in [0, 0.05) is 44.0 Å². The fourth-order valence-corrected chi connectivity index (χ4v) is 7.81. The van der Waals surface area contributed by atoms with Crippen molar-refractivity contribution in [2.45, 2.75) is 0 Å². The first-order valence-corrected chi connectivity index (χ1v) is 16.8. The van der Waals surface area contributed by atoms with Crippen LogP contribution in [0.25, 0.3) is 65.8 Å². The third-order valence-electron chi connectivity index (χ3n) is 9.87. The van der Waals surface area contributed by atoms with Crippen LogP contribution in [-0.2, 0) is 0 Å². The number of benzene rings is 8. The Balaban J connectivity index is 1.33. The van der Waals surface area contributed by atoms with E-state index in [0.29, 0.717) is 0 Å². The van der Waals surface area contributed by atoms with Crippen molar-refractivity contribution in [1.29, 1.82) is 0 Å². The minimum atomic E-state index is 1.10. The van der Waals surface area contributed by atoms with Crippen molar-refractivity contribution in [1.82, 2.24) is 9.13 Å². The van der Waals surface area contributed by atoms with E-state index < -0.39 is 0 Å². The van der Waals surface area contributed by atoms with Crippen LogP contribution in [0.4, 0.5) is 17.1 Å². The van der Waals surface area contributed by atoms with Crippen molar-refractivity contribution in [3.05, 3.63) is 188 Å². The molecule has 0 unspecified atom stereocenters. The summed E-state index contributed by atoms with van der Waals surface area (Å²) in [6.07, 6.45) is 0. The van der Waals surface area contributed by atoms with Crippen molar-refractivity contribution in [3.8, 4) is 11.4 Å². The molecule has 0 spiro atoms. The lowest BCUT2D eigenvalue weighted by Gasteiger charge is -2.28. The number of hydrogen-bond acceptors (Lipinski definition) is 1. The molecule has 0 aliphatic rings. The Morgan fingerprint density at radius 3 is 1.59 bits per heavy atom. The van der Waals surface area contributed by atoms with Crippen molar-refractivity contribution in [2.75, 3.05) is 4.90 Å². The highest BCUT2D eigenvalue weighted by Crippen LogP contribution is 2.46. The Labute approximate surface area is 284 Å². The number of fused-ring (bicyclic) bond motifs is 7. The predicted octanol–water partition coefficient (Wildman–Crippen LogP) is 12.5. The Bertz CT molecular complexity index is 2820. The summed E-state index contributed by atoms with van der Waals surface area (Å²) in [5, 5.41) is 7.35. The number of anilines is 3. The number of nitrogens with zero attached hydrogens (tertiary/aromatic N) is 3. The molecule has 0 fully saturated rings. The first-order chi connectivity index (χ1) is 24.3. The zero-order chi connectivity index (χ0) is 32.3. The van der Waals surface area contributed by atoms with Crippen molar-refractivity contribution < 1.29 is 0 Å². The van der Waals surface area contributed by atoms with Gasteiger partial charge in [0.2, 0.25) is 0 Å². The lowest BCUT2D eigenvalue weighted by molar-refractivity contribution is 1.18. The van der Waals surface area contributed by atoms with Crippen LogP contribution in [-0.4, -0.2) is 9.13 Å². The fraction of sp³-hybridized carbons (Fsp3) is 0. The number of rotatable bonds is 5. The van der Waals surface area contributed by atoms with Gasteiger partial charge in [-0.25, -0.2) is 0 Å². The van der Waals surface area contributed by atoms with E-state index in [9.17, 15) is 0 Å². The van der Waals surface area contributed by atoms with Gasteiger partial charge in [0.25, 0.3) is 0 Å². The Morgan fingerprint density at radius 2 is 0.837 bits per heavy atom. The highest BCUT2D eigenvalue weighted by atomic mass is 15.2. The molecule has 0 saturated carbocycles. The smallest absolute Gasteiger partial charge is 0.0562 e. The molecule has 10 aromatic rings. The summed E-state index contributed by atoms with van der Waals surface area (Å²) >= 11 is 0. The Hall–Kier alpha value is -6.58. The molecule has 0 bridgehead atoms. The summed E-state index contributed by atoms with van der Waals surface area (Å²) in [7, 11) is 0. The van der Waals surface area contributed by atoms with Crippen LogP contribution in [0, 0.1) is 0 Å². The van der Waals surface area contributed by atoms with Gasteiger partial charge in [-0.15, -0.1) is 0 Å². The molecular formula is C46H31N3. The molecular weight excluding hydrogens is 595 g/mol. The van der Waals surface area contributed by atoms with E-state index in [4.69, 9.17) is 0 Å². The first-order valence-electron chi connectivity index (χ1n) is 16.8. The molecule has 3 heteroatoms. The molecule has 2 heterocycles. The normalized spacial score (nSPS) is 11.7. The van der Waals surface area contributed by atoms with Crippen LogP contribution in [0.2, 0.25) is 0 Å². The van der Waals surface area contributed by atoms with Gasteiger partial charge in [0.05, 0.1) is 33.4 Å². The third kappa shape index (κ3) is 4.23. The minimum absolute atomic E-state index is 1.10. The lowest BCUT2D eigenvalue weighted by Crippen LogP contribution is -2.11. The molecule has 0 saturated heterocycles. The van der Waals surface area contributed by atoms with E-state index in [2.05, 4.69) is 202 Å². The summed E-state index contributed by atoms with van der Waals surface area (Å²) < 4.78 is 4.79. The molecule has 3 nitrogen and oxygen atoms in total. The van der Waals surface area contributed by atoms with Gasteiger partial charge >= 0.3 is 0 Å². The zero-order valence-corrected chi connectivity index (χ0v) is 26.7. The van der Waals surface area contributed by atoms with Crippen LogP contribution < -0.4 is 4.90 Å². The topological polar surface area (TPSA) is 13.1 Å². The van der Waals surface area contributed by atoms with E-state index >= 15 is 0 Å². The average Bonchev–Trinajstić information content (AvgIpc) is 3.69. The van der Waals surface area contributed by atoms with E-state index in [-0.39, 0.29) is 0 Å². The van der Waals surface area contributed by atoms with Crippen LogP contribution >= 0.6 is 0 Å². The molecule has 0 aliphatic heterocycles. The maximum atomic E-state index is 2.47. The summed E-state index contributed by atoms with van der Waals surface area (Å²) in [6.45, 7) is 0. The largest absolute Gasteiger partial charge is 0.309 e. The quantitative estimate of drug-likeness (QED) is 0.185. The summed E-state index contributed by atoms with van der Waals surface area (Å²) in [4.78, 5) is 2.47. The van der Waals surface area contributed by atoms with Gasteiger partial charge in [0.15, 0.2) is 0 Å². The second-order valence-corrected chi connectivity index (χ2v) is 12.6. The van der Waals surface area contributed by atoms with Crippen LogP contribution in [0.1, 0.15) is 0 Å². The maximum absolute atomic E-state index is 2.47. The van der Waals surface area contributed by atoms with E-state index in [1.165, 1.54) is 54.4 Å². The molecule has 0 amide bonds. The van der Waals surface area contributed by atoms with Gasteiger partial charge in [-0.3, -0.25) is 0 Å². The van der Waals surface area contributed by atoms with Crippen LogP contribution in [0.5, 0.6) is 0 Å². The van der Waals surface area contributed by atoms with Crippen molar-refractivity contribution in [2.24, 2.45) is 0 Å². The van der Waals surface area contributed by atoms with Gasteiger partial charge in [-0.2, -0.15) is 0 Å². The fourth-order valence-electron chi connectivity index (χ4n) is 7.81. The van der Waals surface area contributed by atoms with Gasteiger partial charge in [-0.1, -0.05) is 121 Å². The minimum Gasteiger partial charge on any atom is -0.309 e. The summed E-state index contributed by atoms with van der Waals surface area (Å²) in [5.74, 6) is 0. The molecule has 0 radical (unpaired) electrons. The molecule has 49 heavy (non-hydrogen) atoms. The van der Waals surface area contributed by atoms with Crippen molar-refractivity contribution in [3.63, 3.8) is 0 Å². The summed E-state index contributed by atoms with van der Waals surface area (Å²) in [5.41, 5.74) is 10.4. The van der Waals surface area contributed by atoms with Gasteiger partial charge < -0.3 is 14.0 Å². The number of hydrogen-bond donors (Lipinski definition) is 0. The number of para-hydroxylation sites is 4. The third-order valence-corrected chi connectivity index (χ3v) is 9.87. The maximum Gasteiger partial charge on any atom is 0.0562 e.